The predicted octanol–water partition coefficient (Wildman–Crippen LogP) is 3.08. The summed E-state index contributed by atoms with van der Waals surface area (Å²) in [6.07, 6.45) is 1.94. The first-order valence-corrected chi connectivity index (χ1v) is 6.21. The molecule has 0 aromatic heterocycles. The third-order valence-electron chi connectivity index (χ3n) is 2.85. The van der Waals surface area contributed by atoms with Gasteiger partial charge in [0.05, 0.1) is 0 Å². The van der Waals surface area contributed by atoms with Gasteiger partial charge in [-0.25, -0.2) is 0 Å². The summed E-state index contributed by atoms with van der Waals surface area (Å²) in [5.74, 6) is 0.132. The number of amides is 1. The summed E-state index contributed by atoms with van der Waals surface area (Å²) >= 11 is 0. The highest BCUT2D eigenvalue weighted by Gasteiger charge is 2.12. The molecule has 0 aliphatic carbocycles. The Morgan fingerprint density at radius 1 is 1.41 bits per heavy atom. The van der Waals surface area contributed by atoms with Crippen molar-refractivity contribution in [2.75, 3.05) is 5.32 Å². The van der Waals surface area contributed by atoms with E-state index < -0.39 is 0 Å². The van der Waals surface area contributed by atoms with Gasteiger partial charge in [0.2, 0.25) is 5.91 Å². The van der Waals surface area contributed by atoms with E-state index in [2.05, 4.69) is 12.2 Å². The molecule has 0 saturated heterocycles. The number of hydrogen-bond donors (Lipinski definition) is 2. The highest BCUT2D eigenvalue weighted by atomic mass is 16.1. The molecule has 0 heterocycles. The van der Waals surface area contributed by atoms with E-state index in [1.54, 1.807) is 0 Å². The lowest BCUT2D eigenvalue weighted by atomic mass is 10.0. The van der Waals surface area contributed by atoms with Crippen molar-refractivity contribution in [3.8, 4) is 0 Å². The lowest BCUT2D eigenvalue weighted by Gasteiger charge is -2.13. The van der Waals surface area contributed by atoms with Crippen molar-refractivity contribution in [3.63, 3.8) is 0 Å². The quantitative estimate of drug-likeness (QED) is 0.822. The van der Waals surface area contributed by atoms with E-state index in [4.69, 9.17) is 5.73 Å². The van der Waals surface area contributed by atoms with E-state index >= 15 is 0 Å². The van der Waals surface area contributed by atoms with Crippen LogP contribution in [0.25, 0.3) is 0 Å². The first-order chi connectivity index (χ1) is 8.04. The fourth-order valence-electron chi connectivity index (χ4n) is 1.73. The molecule has 94 valence electrons. The molecule has 0 radical (unpaired) electrons. The Labute approximate surface area is 103 Å². The molecule has 17 heavy (non-hydrogen) atoms. The summed E-state index contributed by atoms with van der Waals surface area (Å²) in [6, 6.07) is 7.69. The number of carbonyl (C=O) groups excluding carboxylic acids is 1. The molecule has 0 fully saturated rings. The van der Waals surface area contributed by atoms with Gasteiger partial charge in [0, 0.05) is 17.6 Å². The van der Waals surface area contributed by atoms with Gasteiger partial charge in [-0.2, -0.15) is 0 Å². The third kappa shape index (κ3) is 4.19. The molecule has 1 amide bonds. The van der Waals surface area contributed by atoms with E-state index in [0.29, 0.717) is 0 Å². The normalized spacial score (nSPS) is 14.1. The molecule has 3 heteroatoms. The van der Waals surface area contributed by atoms with Crippen LogP contribution in [-0.2, 0) is 4.79 Å². The van der Waals surface area contributed by atoms with E-state index in [0.717, 1.165) is 24.1 Å². The van der Waals surface area contributed by atoms with Gasteiger partial charge in [-0.15, -0.1) is 0 Å². The standard InChI is InChI=1S/C14H22N2O/c1-4-6-10(2)14(17)16-13-8-5-7-12(9-13)11(3)15/h5,7-11H,4,6,15H2,1-3H3,(H,16,17). The summed E-state index contributed by atoms with van der Waals surface area (Å²) in [7, 11) is 0. The van der Waals surface area contributed by atoms with Crippen LogP contribution in [0.4, 0.5) is 5.69 Å². The van der Waals surface area contributed by atoms with Gasteiger partial charge in [-0.05, 0) is 31.0 Å². The number of rotatable bonds is 5. The van der Waals surface area contributed by atoms with Gasteiger partial charge in [0.1, 0.15) is 0 Å². The molecule has 0 saturated carbocycles. The van der Waals surface area contributed by atoms with Crippen LogP contribution in [0.2, 0.25) is 0 Å². The number of benzene rings is 1. The maximum Gasteiger partial charge on any atom is 0.227 e. The molecule has 0 bridgehead atoms. The van der Waals surface area contributed by atoms with E-state index in [1.807, 2.05) is 38.1 Å². The summed E-state index contributed by atoms with van der Waals surface area (Å²) < 4.78 is 0. The van der Waals surface area contributed by atoms with Crippen LogP contribution < -0.4 is 11.1 Å². The molecule has 0 aliphatic rings. The lowest BCUT2D eigenvalue weighted by molar-refractivity contribution is -0.119. The Morgan fingerprint density at radius 2 is 2.12 bits per heavy atom. The Kier molecular flexibility index (Phi) is 5.16. The molecular formula is C14H22N2O. The topological polar surface area (TPSA) is 55.1 Å². The van der Waals surface area contributed by atoms with Gasteiger partial charge >= 0.3 is 0 Å². The van der Waals surface area contributed by atoms with Gasteiger partial charge in [0.15, 0.2) is 0 Å². The van der Waals surface area contributed by atoms with E-state index in [9.17, 15) is 4.79 Å². The number of carbonyl (C=O) groups is 1. The molecule has 2 unspecified atom stereocenters. The highest BCUT2D eigenvalue weighted by Crippen LogP contribution is 2.17. The third-order valence-corrected chi connectivity index (χ3v) is 2.85. The van der Waals surface area contributed by atoms with Gasteiger partial charge in [-0.1, -0.05) is 32.4 Å². The van der Waals surface area contributed by atoms with Crippen LogP contribution in [0.15, 0.2) is 24.3 Å². The van der Waals surface area contributed by atoms with Crippen molar-refractivity contribution in [3.05, 3.63) is 29.8 Å². The van der Waals surface area contributed by atoms with E-state index in [-0.39, 0.29) is 17.9 Å². The van der Waals surface area contributed by atoms with Crippen LogP contribution in [0.1, 0.15) is 45.2 Å². The maximum absolute atomic E-state index is 11.8. The average molecular weight is 234 g/mol. The van der Waals surface area contributed by atoms with Crippen molar-refractivity contribution in [2.24, 2.45) is 11.7 Å². The summed E-state index contributed by atoms with van der Waals surface area (Å²) in [5.41, 5.74) is 7.67. The smallest absolute Gasteiger partial charge is 0.227 e. The molecule has 3 N–H and O–H groups in total. The predicted molar refractivity (Wildman–Crippen MR) is 71.7 cm³/mol. The Hall–Kier alpha value is -1.35. The van der Waals surface area contributed by atoms with Crippen LogP contribution in [0, 0.1) is 5.92 Å². The number of anilines is 1. The minimum absolute atomic E-state index is 0.0140. The average Bonchev–Trinajstić information content (AvgIpc) is 2.29. The lowest BCUT2D eigenvalue weighted by Crippen LogP contribution is -2.20. The van der Waals surface area contributed by atoms with Crippen LogP contribution in [0.5, 0.6) is 0 Å². The number of nitrogens with two attached hydrogens (primary N) is 1. The summed E-state index contributed by atoms with van der Waals surface area (Å²) in [6.45, 7) is 5.97. The van der Waals surface area contributed by atoms with Crippen molar-refractivity contribution in [2.45, 2.75) is 39.7 Å². The molecule has 0 aliphatic heterocycles. The van der Waals surface area contributed by atoms with Gasteiger partial charge in [-0.3, -0.25) is 4.79 Å². The number of nitrogens with one attached hydrogen (secondary N) is 1. The second-order valence-corrected chi connectivity index (χ2v) is 4.59. The first-order valence-electron chi connectivity index (χ1n) is 6.21. The fraction of sp³-hybridized carbons (Fsp3) is 0.500. The molecular weight excluding hydrogens is 212 g/mol. The Balaban J connectivity index is 2.68. The zero-order valence-corrected chi connectivity index (χ0v) is 10.9. The Bertz CT molecular complexity index is 374. The molecule has 1 aromatic carbocycles. The minimum Gasteiger partial charge on any atom is -0.326 e. The Morgan fingerprint density at radius 3 is 2.71 bits per heavy atom. The van der Waals surface area contributed by atoms with Crippen LogP contribution in [-0.4, -0.2) is 5.91 Å². The zero-order valence-electron chi connectivity index (χ0n) is 10.9. The molecule has 1 aromatic rings. The monoisotopic (exact) mass is 234 g/mol. The largest absolute Gasteiger partial charge is 0.326 e. The molecule has 1 rings (SSSR count). The van der Waals surface area contributed by atoms with Crippen LogP contribution >= 0.6 is 0 Å². The number of hydrogen-bond acceptors (Lipinski definition) is 2. The van der Waals surface area contributed by atoms with Crippen molar-refractivity contribution >= 4 is 11.6 Å². The summed E-state index contributed by atoms with van der Waals surface area (Å²) in [4.78, 5) is 11.8. The van der Waals surface area contributed by atoms with Crippen molar-refractivity contribution in [1.29, 1.82) is 0 Å². The van der Waals surface area contributed by atoms with E-state index in [1.165, 1.54) is 0 Å². The van der Waals surface area contributed by atoms with Gasteiger partial charge in [0.25, 0.3) is 0 Å². The summed E-state index contributed by atoms with van der Waals surface area (Å²) in [5, 5.41) is 2.93. The second kappa shape index (κ2) is 6.40. The SMILES string of the molecule is CCCC(C)C(=O)Nc1cccc(C(C)N)c1. The molecule has 2 atom stereocenters. The maximum atomic E-state index is 11.8. The molecule has 0 spiro atoms. The van der Waals surface area contributed by atoms with Crippen molar-refractivity contribution < 1.29 is 4.79 Å². The second-order valence-electron chi connectivity index (χ2n) is 4.59. The van der Waals surface area contributed by atoms with Crippen LogP contribution in [0.3, 0.4) is 0 Å². The van der Waals surface area contributed by atoms with Gasteiger partial charge < -0.3 is 11.1 Å². The highest BCUT2D eigenvalue weighted by molar-refractivity contribution is 5.92. The zero-order chi connectivity index (χ0) is 12.8. The molecule has 3 nitrogen and oxygen atoms in total. The van der Waals surface area contributed by atoms with Crippen molar-refractivity contribution in [1.82, 2.24) is 0 Å². The first kappa shape index (κ1) is 13.7. The minimum atomic E-state index is -0.0140. The fourth-order valence-corrected chi connectivity index (χ4v) is 1.73.